The average molecular weight is 395 g/mol. The van der Waals surface area contributed by atoms with Gasteiger partial charge in [-0.25, -0.2) is 4.79 Å². The van der Waals surface area contributed by atoms with E-state index in [0.717, 1.165) is 17.3 Å². The second-order valence-electron chi connectivity index (χ2n) is 7.47. The third-order valence-electron chi connectivity index (χ3n) is 3.82. The van der Waals surface area contributed by atoms with Crippen molar-refractivity contribution in [2.75, 3.05) is 0 Å². The van der Waals surface area contributed by atoms with Crippen LogP contribution in [0.1, 0.15) is 31.9 Å². The van der Waals surface area contributed by atoms with Crippen molar-refractivity contribution in [2.45, 2.75) is 45.4 Å². The van der Waals surface area contributed by atoms with Gasteiger partial charge in [0.1, 0.15) is 24.0 Å². The molecule has 2 aromatic carbocycles. The van der Waals surface area contributed by atoms with Crippen molar-refractivity contribution in [3.63, 3.8) is 0 Å². The number of hydrogen-bond acceptors (Lipinski definition) is 4. The number of benzene rings is 2. The molecule has 7 heteroatoms. The SMILES string of the molecule is CC(C)(C)Oc1ccc(C[C@H](NC(=O)OCc2ccccc2)C(=O)C=[N+]=[N-])cc1. The molecule has 7 nitrogen and oxygen atoms in total. The van der Waals surface area contributed by atoms with Gasteiger partial charge >= 0.3 is 12.3 Å². The Balaban J connectivity index is 2.01. The van der Waals surface area contributed by atoms with Crippen LogP contribution >= 0.6 is 0 Å². The van der Waals surface area contributed by atoms with Gasteiger partial charge in [0.05, 0.1) is 0 Å². The fourth-order valence-corrected chi connectivity index (χ4v) is 2.56. The maximum absolute atomic E-state index is 12.2. The highest BCUT2D eigenvalue weighted by molar-refractivity contribution is 6.28. The third kappa shape index (κ3) is 7.99. The molecule has 0 aliphatic heterocycles. The predicted octanol–water partition coefficient (Wildman–Crippen LogP) is 3.57. The Kier molecular flexibility index (Phi) is 7.69. The second-order valence-corrected chi connectivity index (χ2v) is 7.47. The molecule has 1 atom stereocenters. The first-order chi connectivity index (χ1) is 13.8. The summed E-state index contributed by atoms with van der Waals surface area (Å²) in [7, 11) is 0. The number of carbonyl (C=O) groups is 2. The lowest BCUT2D eigenvalue weighted by molar-refractivity contribution is -0.117. The van der Waals surface area contributed by atoms with Gasteiger partial charge in [0.15, 0.2) is 0 Å². The zero-order valence-corrected chi connectivity index (χ0v) is 16.8. The van der Waals surface area contributed by atoms with E-state index in [4.69, 9.17) is 15.0 Å². The second kappa shape index (κ2) is 10.2. The molecule has 0 heterocycles. The molecular weight excluding hydrogens is 370 g/mol. The topological polar surface area (TPSA) is 101 Å². The standard InChI is InChI=1S/C22H25N3O4/c1-22(2,3)29-18-11-9-16(10-12-18)13-19(20(26)14-24-23)25-21(27)28-15-17-7-5-4-6-8-17/h4-12,14,19H,13,15H2,1-3H3,(H,25,27)/t19-/m0/s1. The summed E-state index contributed by atoms with van der Waals surface area (Å²) in [4.78, 5) is 27.1. The van der Waals surface area contributed by atoms with Gasteiger partial charge in [-0.05, 0) is 44.0 Å². The number of ketones is 1. The maximum Gasteiger partial charge on any atom is 0.408 e. The van der Waals surface area contributed by atoms with Crippen LogP contribution < -0.4 is 10.1 Å². The number of carbonyl (C=O) groups excluding carboxylic acids is 2. The van der Waals surface area contributed by atoms with Gasteiger partial charge in [-0.1, -0.05) is 42.5 Å². The highest BCUT2D eigenvalue weighted by atomic mass is 16.5. The summed E-state index contributed by atoms with van der Waals surface area (Å²) in [5.41, 5.74) is 9.99. The van der Waals surface area contributed by atoms with Crippen LogP contribution in [-0.2, 0) is 22.6 Å². The largest absolute Gasteiger partial charge is 0.488 e. The molecule has 0 aliphatic rings. The summed E-state index contributed by atoms with van der Waals surface area (Å²) < 4.78 is 10.9. The minimum absolute atomic E-state index is 0.0838. The lowest BCUT2D eigenvalue weighted by atomic mass is 10.0. The number of hydrogen-bond donors (Lipinski definition) is 1. The summed E-state index contributed by atoms with van der Waals surface area (Å²) in [6, 6.07) is 15.5. The van der Waals surface area contributed by atoms with E-state index >= 15 is 0 Å². The van der Waals surface area contributed by atoms with Crippen molar-refractivity contribution in [1.29, 1.82) is 0 Å². The molecule has 2 rings (SSSR count). The van der Waals surface area contributed by atoms with E-state index in [1.165, 1.54) is 0 Å². The Hall–Kier alpha value is -3.44. The number of nitrogens with one attached hydrogen (secondary N) is 1. The Morgan fingerprint density at radius 1 is 1.07 bits per heavy atom. The first kappa shape index (κ1) is 21.9. The van der Waals surface area contributed by atoms with E-state index < -0.39 is 17.9 Å². The van der Waals surface area contributed by atoms with Crippen molar-refractivity contribution in [3.8, 4) is 5.75 Å². The molecule has 152 valence electrons. The maximum atomic E-state index is 12.2. The molecule has 0 radical (unpaired) electrons. The van der Waals surface area contributed by atoms with Gasteiger partial charge in [0, 0.05) is 6.42 Å². The minimum atomic E-state index is -0.927. The van der Waals surface area contributed by atoms with Crippen LogP contribution in [0.15, 0.2) is 54.6 Å². The quantitative estimate of drug-likeness (QED) is 0.419. The molecule has 1 N–H and O–H groups in total. The Bertz CT molecular complexity index is 867. The number of rotatable bonds is 8. The summed E-state index contributed by atoms with van der Waals surface area (Å²) >= 11 is 0. The first-order valence-electron chi connectivity index (χ1n) is 9.23. The molecule has 0 saturated carbocycles. The van der Waals surface area contributed by atoms with Crippen LogP contribution in [0.25, 0.3) is 5.53 Å². The molecule has 0 bridgehead atoms. The summed E-state index contributed by atoms with van der Waals surface area (Å²) in [5, 5.41) is 2.53. The molecule has 29 heavy (non-hydrogen) atoms. The van der Waals surface area contributed by atoms with Crippen molar-refractivity contribution < 1.29 is 23.9 Å². The fraction of sp³-hybridized carbons (Fsp3) is 0.318. The van der Waals surface area contributed by atoms with Crippen LogP contribution in [0, 0.1) is 0 Å². The van der Waals surface area contributed by atoms with Crippen molar-refractivity contribution >= 4 is 18.1 Å². The van der Waals surface area contributed by atoms with Crippen LogP contribution in [-0.4, -0.2) is 34.5 Å². The van der Waals surface area contributed by atoms with E-state index in [1.807, 2.05) is 63.2 Å². The third-order valence-corrected chi connectivity index (χ3v) is 3.82. The minimum Gasteiger partial charge on any atom is -0.488 e. The molecule has 0 spiro atoms. The zero-order valence-electron chi connectivity index (χ0n) is 16.8. The normalized spacial score (nSPS) is 11.7. The summed E-state index contributed by atoms with van der Waals surface area (Å²) in [5.74, 6) is 0.162. The van der Waals surface area contributed by atoms with Crippen molar-refractivity contribution in [2.24, 2.45) is 0 Å². The Morgan fingerprint density at radius 2 is 1.72 bits per heavy atom. The lowest BCUT2D eigenvalue weighted by Gasteiger charge is -2.21. The van der Waals surface area contributed by atoms with Gasteiger partial charge in [-0.15, -0.1) is 0 Å². The average Bonchev–Trinajstić information content (AvgIpc) is 2.67. The number of ether oxygens (including phenoxy) is 2. The highest BCUT2D eigenvalue weighted by Gasteiger charge is 2.23. The Labute approximate surface area is 170 Å². The van der Waals surface area contributed by atoms with Crippen molar-refractivity contribution in [1.82, 2.24) is 5.32 Å². The van der Waals surface area contributed by atoms with Gasteiger partial charge in [0.2, 0.25) is 0 Å². The first-order valence-corrected chi connectivity index (χ1v) is 9.23. The molecule has 0 unspecified atom stereocenters. The van der Waals surface area contributed by atoms with Crippen LogP contribution in [0.3, 0.4) is 0 Å². The number of Topliss-reactive ketones (excluding diaryl/α,β-unsaturated/α-hetero) is 1. The lowest BCUT2D eigenvalue weighted by Crippen LogP contribution is -2.43. The molecular formula is C22H25N3O4. The van der Waals surface area contributed by atoms with Crippen molar-refractivity contribution in [3.05, 3.63) is 71.3 Å². The van der Waals surface area contributed by atoms with E-state index in [-0.39, 0.29) is 18.6 Å². The fourth-order valence-electron chi connectivity index (χ4n) is 2.56. The van der Waals surface area contributed by atoms with E-state index in [2.05, 4.69) is 10.1 Å². The monoisotopic (exact) mass is 395 g/mol. The van der Waals surface area contributed by atoms with Crippen LogP contribution in [0.4, 0.5) is 4.79 Å². The zero-order chi connectivity index (χ0) is 21.3. The Morgan fingerprint density at radius 3 is 2.31 bits per heavy atom. The molecule has 0 aliphatic carbocycles. The molecule has 0 fully saturated rings. The predicted molar refractivity (Wildman–Crippen MR) is 109 cm³/mol. The molecule has 0 aromatic heterocycles. The van der Waals surface area contributed by atoms with E-state index in [9.17, 15) is 9.59 Å². The summed E-state index contributed by atoms with van der Waals surface area (Å²) in [6.07, 6.45) is 0.242. The highest BCUT2D eigenvalue weighted by Crippen LogP contribution is 2.19. The van der Waals surface area contributed by atoms with E-state index in [1.54, 1.807) is 12.1 Å². The van der Waals surface area contributed by atoms with Crippen LogP contribution in [0.5, 0.6) is 5.75 Å². The molecule has 0 saturated heterocycles. The van der Waals surface area contributed by atoms with Gasteiger partial charge in [-0.3, -0.25) is 4.79 Å². The van der Waals surface area contributed by atoms with Gasteiger partial charge < -0.3 is 20.3 Å². The van der Waals surface area contributed by atoms with E-state index in [0.29, 0.717) is 5.75 Å². The van der Waals surface area contributed by atoms with Gasteiger partial charge in [0.25, 0.3) is 5.78 Å². The van der Waals surface area contributed by atoms with Crippen LogP contribution in [0.2, 0.25) is 0 Å². The summed E-state index contributed by atoms with van der Waals surface area (Å²) in [6.45, 7) is 5.94. The molecule has 2 aromatic rings. The van der Waals surface area contributed by atoms with Gasteiger partial charge in [-0.2, -0.15) is 4.79 Å². The molecule has 1 amide bonds. The number of alkyl carbamates (subject to hydrolysis) is 1. The number of amides is 1. The smallest absolute Gasteiger partial charge is 0.408 e. The number of nitrogens with zero attached hydrogens (tertiary/aromatic N) is 2.